The zero-order valence-corrected chi connectivity index (χ0v) is 11.7. The first-order valence-electron chi connectivity index (χ1n) is 6.38. The fraction of sp³-hybridized carbons (Fsp3) is 0.500. The Morgan fingerprint density at radius 1 is 1.26 bits per heavy atom. The van der Waals surface area contributed by atoms with Gasteiger partial charge in [-0.1, -0.05) is 20.3 Å². The first kappa shape index (κ1) is 15.4. The molecule has 106 valence electrons. The molecule has 3 nitrogen and oxygen atoms in total. The van der Waals surface area contributed by atoms with Gasteiger partial charge in [0.05, 0.1) is 0 Å². The lowest BCUT2D eigenvalue weighted by Crippen LogP contribution is -2.37. The van der Waals surface area contributed by atoms with Crippen LogP contribution in [0.2, 0.25) is 0 Å². The standard InChI is InChI=1S/C14H20F2N2O/c1-5-8(2)9(3)18-14(19)10-6-11(15)13(17-4)12(16)7-10/h6-9,17H,5H2,1-4H3,(H,18,19). The van der Waals surface area contributed by atoms with Gasteiger partial charge in [0.1, 0.15) is 17.3 Å². The Labute approximate surface area is 112 Å². The number of carbonyl (C=O) groups is 1. The van der Waals surface area contributed by atoms with Gasteiger partial charge in [-0.15, -0.1) is 0 Å². The second kappa shape index (κ2) is 6.50. The van der Waals surface area contributed by atoms with E-state index in [1.54, 1.807) is 0 Å². The number of hydrogen-bond donors (Lipinski definition) is 2. The van der Waals surface area contributed by atoms with Crippen molar-refractivity contribution in [2.24, 2.45) is 5.92 Å². The molecular weight excluding hydrogens is 250 g/mol. The first-order chi connectivity index (χ1) is 8.90. The molecule has 0 aliphatic heterocycles. The molecule has 0 spiro atoms. The van der Waals surface area contributed by atoms with Gasteiger partial charge >= 0.3 is 0 Å². The molecule has 0 saturated carbocycles. The Bertz CT molecular complexity index is 440. The Hall–Kier alpha value is -1.65. The number of hydrogen-bond acceptors (Lipinski definition) is 2. The molecule has 0 aromatic heterocycles. The van der Waals surface area contributed by atoms with Crippen molar-refractivity contribution < 1.29 is 13.6 Å². The fourth-order valence-corrected chi connectivity index (χ4v) is 1.73. The lowest BCUT2D eigenvalue weighted by Gasteiger charge is -2.20. The third kappa shape index (κ3) is 3.66. The smallest absolute Gasteiger partial charge is 0.251 e. The number of anilines is 1. The Morgan fingerprint density at radius 3 is 2.21 bits per heavy atom. The molecule has 5 heteroatoms. The lowest BCUT2D eigenvalue weighted by atomic mass is 10.0. The van der Waals surface area contributed by atoms with Crippen LogP contribution in [-0.4, -0.2) is 19.0 Å². The summed E-state index contributed by atoms with van der Waals surface area (Å²) >= 11 is 0. The molecule has 2 atom stereocenters. The van der Waals surface area contributed by atoms with Gasteiger partial charge in [-0.25, -0.2) is 8.78 Å². The molecule has 19 heavy (non-hydrogen) atoms. The van der Waals surface area contributed by atoms with Crippen molar-refractivity contribution in [1.82, 2.24) is 5.32 Å². The number of halogens is 2. The van der Waals surface area contributed by atoms with E-state index in [-0.39, 0.29) is 17.3 Å². The largest absolute Gasteiger partial charge is 0.383 e. The fourth-order valence-electron chi connectivity index (χ4n) is 1.73. The van der Waals surface area contributed by atoms with Crippen LogP contribution in [0.15, 0.2) is 12.1 Å². The third-order valence-corrected chi connectivity index (χ3v) is 3.41. The summed E-state index contributed by atoms with van der Waals surface area (Å²) < 4.78 is 27.1. The van der Waals surface area contributed by atoms with Crippen LogP contribution in [0.25, 0.3) is 0 Å². The number of benzene rings is 1. The number of carbonyl (C=O) groups excluding carboxylic acids is 1. The maximum atomic E-state index is 13.6. The van der Waals surface area contributed by atoms with Crippen LogP contribution in [-0.2, 0) is 0 Å². The lowest BCUT2D eigenvalue weighted by molar-refractivity contribution is 0.0927. The van der Waals surface area contributed by atoms with Crippen LogP contribution < -0.4 is 10.6 Å². The van der Waals surface area contributed by atoms with Crippen LogP contribution in [0, 0.1) is 17.6 Å². The van der Waals surface area contributed by atoms with Crippen molar-refractivity contribution in [3.63, 3.8) is 0 Å². The maximum absolute atomic E-state index is 13.6. The highest BCUT2D eigenvalue weighted by Gasteiger charge is 2.17. The summed E-state index contributed by atoms with van der Waals surface area (Å²) in [5, 5.41) is 5.16. The molecule has 1 rings (SSSR count). The molecule has 1 aromatic rings. The predicted molar refractivity (Wildman–Crippen MR) is 72.3 cm³/mol. The Kier molecular flexibility index (Phi) is 5.27. The molecule has 1 amide bonds. The highest BCUT2D eigenvalue weighted by Crippen LogP contribution is 2.20. The van der Waals surface area contributed by atoms with Crippen molar-refractivity contribution in [3.05, 3.63) is 29.3 Å². The van der Waals surface area contributed by atoms with E-state index in [4.69, 9.17) is 0 Å². The summed E-state index contributed by atoms with van der Waals surface area (Å²) in [6, 6.07) is 2.02. The van der Waals surface area contributed by atoms with E-state index >= 15 is 0 Å². The van der Waals surface area contributed by atoms with E-state index in [9.17, 15) is 13.6 Å². The molecule has 0 aliphatic carbocycles. The quantitative estimate of drug-likeness (QED) is 0.863. The summed E-state index contributed by atoms with van der Waals surface area (Å²) in [6.07, 6.45) is 0.920. The minimum Gasteiger partial charge on any atom is -0.383 e. The average Bonchev–Trinajstić information content (AvgIpc) is 2.37. The zero-order valence-electron chi connectivity index (χ0n) is 11.7. The molecular formula is C14H20F2N2O. The molecule has 1 aromatic carbocycles. The Morgan fingerprint density at radius 2 is 1.79 bits per heavy atom. The summed E-state index contributed by atoms with van der Waals surface area (Å²) in [5.74, 6) is -1.71. The maximum Gasteiger partial charge on any atom is 0.251 e. The summed E-state index contributed by atoms with van der Waals surface area (Å²) in [4.78, 5) is 11.9. The van der Waals surface area contributed by atoms with Gasteiger partial charge in [0.2, 0.25) is 0 Å². The van der Waals surface area contributed by atoms with E-state index in [1.165, 1.54) is 7.05 Å². The minimum atomic E-state index is -0.774. The molecule has 0 bridgehead atoms. The van der Waals surface area contributed by atoms with Crippen molar-refractivity contribution in [2.45, 2.75) is 33.2 Å². The predicted octanol–water partition coefficient (Wildman–Crippen LogP) is 3.17. The van der Waals surface area contributed by atoms with Gasteiger partial charge in [-0.3, -0.25) is 4.79 Å². The number of amides is 1. The van der Waals surface area contributed by atoms with Crippen molar-refractivity contribution in [3.8, 4) is 0 Å². The van der Waals surface area contributed by atoms with Crippen LogP contribution in [0.4, 0.5) is 14.5 Å². The molecule has 0 radical (unpaired) electrons. The molecule has 0 saturated heterocycles. The van der Waals surface area contributed by atoms with Crippen LogP contribution in [0.1, 0.15) is 37.6 Å². The van der Waals surface area contributed by atoms with Crippen molar-refractivity contribution in [2.75, 3.05) is 12.4 Å². The summed E-state index contributed by atoms with van der Waals surface area (Å²) in [7, 11) is 1.42. The minimum absolute atomic E-state index is 0.0100. The summed E-state index contributed by atoms with van der Waals surface area (Å²) in [6.45, 7) is 5.91. The van der Waals surface area contributed by atoms with Crippen LogP contribution in [0.5, 0.6) is 0 Å². The molecule has 0 aliphatic rings. The van der Waals surface area contributed by atoms with Gasteiger partial charge < -0.3 is 10.6 Å². The molecule has 2 unspecified atom stereocenters. The van der Waals surface area contributed by atoms with E-state index in [0.29, 0.717) is 5.92 Å². The second-order valence-corrected chi connectivity index (χ2v) is 4.71. The van der Waals surface area contributed by atoms with E-state index in [2.05, 4.69) is 10.6 Å². The zero-order chi connectivity index (χ0) is 14.6. The average molecular weight is 270 g/mol. The van der Waals surface area contributed by atoms with Gasteiger partial charge in [-0.05, 0) is 25.0 Å². The highest BCUT2D eigenvalue weighted by atomic mass is 19.1. The monoisotopic (exact) mass is 270 g/mol. The van der Waals surface area contributed by atoms with Crippen LogP contribution in [0.3, 0.4) is 0 Å². The Balaban J connectivity index is 2.89. The van der Waals surface area contributed by atoms with Gasteiger partial charge in [0.25, 0.3) is 5.91 Å². The highest BCUT2D eigenvalue weighted by molar-refractivity contribution is 5.94. The number of nitrogens with one attached hydrogen (secondary N) is 2. The van der Waals surface area contributed by atoms with E-state index in [1.807, 2.05) is 20.8 Å². The van der Waals surface area contributed by atoms with Gasteiger partial charge in [0, 0.05) is 18.7 Å². The molecule has 0 heterocycles. The van der Waals surface area contributed by atoms with Crippen LogP contribution >= 0.6 is 0 Å². The normalized spacial score (nSPS) is 13.8. The van der Waals surface area contributed by atoms with Crippen molar-refractivity contribution in [1.29, 1.82) is 0 Å². The number of rotatable bonds is 5. The molecule has 2 N–H and O–H groups in total. The van der Waals surface area contributed by atoms with E-state index < -0.39 is 17.5 Å². The third-order valence-electron chi connectivity index (χ3n) is 3.41. The van der Waals surface area contributed by atoms with E-state index in [0.717, 1.165) is 18.6 Å². The SMILES string of the molecule is CCC(C)C(C)NC(=O)c1cc(F)c(NC)c(F)c1. The first-order valence-corrected chi connectivity index (χ1v) is 6.38. The summed E-state index contributed by atoms with van der Waals surface area (Å²) in [5.41, 5.74) is -0.240. The molecule has 0 fully saturated rings. The van der Waals surface area contributed by atoms with Crippen molar-refractivity contribution >= 4 is 11.6 Å². The topological polar surface area (TPSA) is 41.1 Å². The second-order valence-electron chi connectivity index (χ2n) is 4.71. The van der Waals surface area contributed by atoms with Gasteiger partial charge in [-0.2, -0.15) is 0 Å². The van der Waals surface area contributed by atoms with Gasteiger partial charge in [0.15, 0.2) is 0 Å².